The zero-order valence-electron chi connectivity index (χ0n) is 17.5. The Bertz CT molecular complexity index is 1430. The van der Waals surface area contributed by atoms with E-state index in [2.05, 4.69) is 15.9 Å². The van der Waals surface area contributed by atoms with Gasteiger partial charge in [0.05, 0.1) is 16.5 Å². The lowest BCUT2D eigenvalue weighted by atomic mass is 10.00. The third-order valence-corrected chi connectivity index (χ3v) is 6.14. The van der Waals surface area contributed by atoms with Crippen molar-refractivity contribution >= 4 is 26.9 Å². The highest BCUT2D eigenvalue weighted by Crippen LogP contribution is 2.40. The van der Waals surface area contributed by atoms with Gasteiger partial charge in [-0.1, -0.05) is 40.2 Å². The molecule has 3 aromatic carbocycles. The third-order valence-electron chi connectivity index (χ3n) is 5.61. The Labute approximate surface area is 199 Å². The van der Waals surface area contributed by atoms with Crippen LogP contribution in [0.5, 0.6) is 5.75 Å². The smallest absolute Gasteiger partial charge is 0.450 e. The number of hydrogen-bond donors (Lipinski definition) is 0. The molecule has 0 spiro atoms. The predicted octanol–water partition coefficient (Wildman–Crippen LogP) is 6.73. The molecule has 0 aliphatic carbocycles. The van der Waals surface area contributed by atoms with Crippen molar-refractivity contribution in [2.45, 2.75) is 19.3 Å². The van der Waals surface area contributed by atoms with Crippen LogP contribution in [0.3, 0.4) is 0 Å². The van der Waals surface area contributed by atoms with Crippen LogP contribution < -0.4 is 10.2 Å². The van der Waals surface area contributed by atoms with Crippen molar-refractivity contribution in [2.24, 2.45) is 0 Å². The molecule has 1 aliphatic rings. The van der Waals surface area contributed by atoms with Gasteiger partial charge in [0.1, 0.15) is 23.9 Å². The van der Waals surface area contributed by atoms with Gasteiger partial charge in [0.25, 0.3) is 0 Å². The molecule has 4 aromatic rings. The van der Waals surface area contributed by atoms with E-state index in [0.29, 0.717) is 22.3 Å². The second kappa shape index (κ2) is 8.56. The number of fused-ring (bicyclic) bond motifs is 3. The van der Waals surface area contributed by atoms with Crippen molar-refractivity contribution in [2.75, 3.05) is 6.73 Å². The van der Waals surface area contributed by atoms with Gasteiger partial charge in [-0.2, -0.15) is 13.2 Å². The van der Waals surface area contributed by atoms with Gasteiger partial charge in [0.2, 0.25) is 11.2 Å². The summed E-state index contributed by atoms with van der Waals surface area (Å²) < 4.78 is 67.2. The second-order valence-electron chi connectivity index (χ2n) is 7.95. The minimum Gasteiger partial charge on any atom is -0.478 e. The first-order valence-electron chi connectivity index (χ1n) is 10.3. The first kappa shape index (κ1) is 22.6. The quantitative estimate of drug-likeness (QED) is 0.274. The fourth-order valence-corrected chi connectivity index (χ4v) is 4.30. The Balaban J connectivity index is 1.63. The molecule has 4 nitrogen and oxygen atoms in total. The van der Waals surface area contributed by atoms with Crippen LogP contribution in [-0.2, 0) is 19.3 Å². The summed E-state index contributed by atoms with van der Waals surface area (Å²) >= 11 is 3.25. The minimum absolute atomic E-state index is 0.0388. The minimum atomic E-state index is -4.89. The molecule has 0 atom stereocenters. The average molecular weight is 534 g/mol. The largest absolute Gasteiger partial charge is 0.478 e. The van der Waals surface area contributed by atoms with Crippen LogP contribution in [-0.4, -0.2) is 11.6 Å². The molecule has 0 N–H and O–H groups in total. The fraction of sp³-hybridized carbons (Fsp3) is 0.160. The van der Waals surface area contributed by atoms with Crippen molar-refractivity contribution in [3.8, 4) is 16.9 Å². The van der Waals surface area contributed by atoms with Crippen LogP contribution in [0.25, 0.3) is 22.1 Å². The summed E-state index contributed by atoms with van der Waals surface area (Å²) in [5, 5.41) is 0.0388. The highest BCUT2D eigenvalue weighted by atomic mass is 79.9. The van der Waals surface area contributed by atoms with E-state index < -0.39 is 22.9 Å². The number of nitrogens with zero attached hydrogens (tertiary/aromatic N) is 1. The number of rotatable bonds is 3. The Morgan fingerprint density at radius 3 is 2.35 bits per heavy atom. The zero-order chi connectivity index (χ0) is 24.0. The summed E-state index contributed by atoms with van der Waals surface area (Å²) in [7, 11) is 0. The van der Waals surface area contributed by atoms with E-state index in [1.54, 1.807) is 30.3 Å². The van der Waals surface area contributed by atoms with Crippen LogP contribution in [0.1, 0.15) is 16.9 Å². The van der Waals surface area contributed by atoms with E-state index in [-0.39, 0.29) is 35.6 Å². The molecule has 0 radical (unpaired) electrons. The molecule has 34 heavy (non-hydrogen) atoms. The van der Waals surface area contributed by atoms with Crippen LogP contribution in [0, 0.1) is 5.82 Å². The summed E-state index contributed by atoms with van der Waals surface area (Å²) in [6.45, 7) is 0.759. The zero-order valence-corrected chi connectivity index (χ0v) is 19.0. The van der Waals surface area contributed by atoms with Gasteiger partial charge in [-0.3, -0.25) is 9.69 Å². The molecular formula is C25H16BrF4NO3. The molecule has 0 amide bonds. The van der Waals surface area contributed by atoms with E-state index in [1.807, 2.05) is 4.90 Å². The van der Waals surface area contributed by atoms with E-state index in [0.717, 1.165) is 5.56 Å². The third kappa shape index (κ3) is 4.21. The maximum Gasteiger partial charge on any atom is 0.450 e. The van der Waals surface area contributed by atoms with Gasteiger partial charge in [0, 0.05) is 17.6 Å². The molecule has 1 aliphatic heterocycles. The van der Waals surface area contributed by atoms with E-state index in [1.165, 1.54) is 30.3 Å². The van der Waals surface area contributed by atoms with Gasteiger partial charge >= 0.3 is 6.18 Å². The second-order valence-corrected chi connectivity index (χ2v) is 8.86. The van der Waals surface area contributed by atoms with Gasteiger partial charge in [0.15, 0.2) is 0 Å². The van der Waals surface area contributed by atoms with Crippen molar-refractivity contribution in [1.29, 1.82) is 0 Å². The highest BCUT2D eigenvalue weighted by molar-refractivity contribution is 9.10. The van der Waals surface area contributed by atoms with Crippen molar-refractivity contribution in [3.63, 3.8) is 0 Å². The summed E-state index contributed by atoms with van der Waals surface area (Å²) in [5.41, 5.74) is -0.182. The Morgan fingerprint density at radius 1 is 0.971 bits per heavy atom. The normalized spacial score (nSPS) is 14.1. The molecule has 9 heteroatoms. The number of hydrogen-bond acceptors (Lipinski definition) is 4. The topological polar surface area (TPSA) is 42.7 Å². The molecule has 0 bridgehead atoms. The lowest BCUT2D eigenvalue weighted by molar-refractivity contribution is -0.152. The van der Waals surface area contributed by atoms with E-state index in [4.69, 9.17) is 9.15 Å². The summed E-state index contributed by atoms with van der Waals surface area (Å²) in [4.78, 5) is 15.1. The molecule has 1 aromatic heterocycles. The molecule has 0 fully saturated rings. The van der Waals surface area contributed by atoms with Crippen molar-refractivity contribution < 1.29 is 26.7 Å². The molecule has 0 saturated carbocycles. The summed E-state index contributed by atoms with van der Waals surface area (Å²) in [6, 6.07) is 14.9. The fourth-order valence-electron chi connectivity index (χ4n) is 4.04. The molecule has 174 valence electrons. The molecule has 0 saturated heterocycles. The van der Waals surface area contributed by atoms with Crippen molar-refractivity contribution in [1.82, 2.24) is 4.90 Å². The van der Waals surface area contributed by atoms with Crippen LogP contribution in [0.4, 0.5) is 17.6 Å². The maximum absolute atomic E-state index is 14.0. The van der Waals surface area contributed by atoms with Crippen molar-refractivity contribution in [3.05, 3.63) is 98.1 Å². The number of halogens is 5. The first-order chi connectivity index (χ1) is 16.2. The van der Waals surface area contributed by atoms with Gasteiger partial charge in [-0.25, -0.2) is 4.39 Å². The van der Waals surface area contributed by atoms with E-state index >= 15 is 0 Å². The average Bonchev–Trinajstić information content (AvgIpc) is 2.80. The monoisotopic (exact) mass is 533 g/mol. The molecule has 0 unspecified atom stereocenters. The Morgan fingerprint density at radius 2 is 1.68 bits per heavy atom. The molecular weight excluding hydrogens is 518 g/mol. The SMILES string of the molecule is O=c1c(-c2ccc(Br)cc2)c(C(F)(F)F)oc2c3c(ccc12)OCN(Cc1ccc(F)cc1)C3. The standard InChI is InChI=1S/C25H16BrF4NO3/c26-16-5-3-15(4-6-16)21-22(32)18-9-10-20-19(23(18)34-24(21)25(28,29)30)12-31(13-33-20)11-14-1-7-17(27)8-2-14/h1-10H,11-13H2. The van der Waals surface area contributed by atoms with Gasteiger partial charge < -0.3 is 9.15 Å². The highest BCUT2D eigenvalue weighted by Gasteiger charge is 2.40. The number of alkyl halides is 3. The first-order valence-corrected chi connectivity index (χ1v) is 11.1. The van der Waals surface area contributed by atoms with Crippen LogP contribution in [0.2, 0.25) is 0 Å². The molecule has 2 heterocycles. The van der Waals surface area contributed by atoms with Crippen LogP contribution >= 0.6 is 15.9 Å². The lowest BCUT2D eigenvalue weighted by Crippen LogP contribution is -2.32. The van der Waals surface area contributed by atoms with E-state index in [9.17, 15) is 22.4 Å². The number of benzene rings is 3. The van der Waals surface area contributed by atoms with Gasteiger partial charge in [-0.15, -0.1) is 0 Å². The Kier molecular flexibility index (Phi) is 5.69. The lowest BCUT2D eigenvalue weighted by Gasteiger charge is -2.29. The predicted molar refractivity (Wildman–Crippen MR) is 122 cm³/mol. The summed E-state index contributed by atoms with van der Waals surface area (Å²) in [6.07, 6.45) is -4.89. The Hall–Kier alpha value is -3.17. The maximum atomic E-state index is 14.0. The molecule has 5 rings (SSSR count). The van der Waals surface area contributed by atoms with Crippen LogP contribution in [0.15, 0.2) is 74.3 Å². The number of ether oxygens (including phenoxy) is 1. The van der Waals surface area contributed by atoms with Gasteiger partial charge in [-0.05, 0) is 47.5 Å². The summed E-state index contributed by atoms with van der Waals surface area (Å²) in [5.74, 6) is -1.36.